The maximum Gasteiger partial charge on any atom is 0.0882 e. The van der Waals surface area contributed by atoms with Crippen molar-refractivity contribution in [3.8, 4) is 0 Å². The Bertz CT molecular complexity index is 299. The van der Waals surface area contributed by atoms with Crippen LogP contribution in [0.25, 0.3) is 0 Å². The zero-order valence-electron chi connectivity index (χ0n) is 5.24. The van der Waals surface area contributed by atoms with Crippen molar-refractivity contribution in [3.05, 3.63) is 36.1 Å². The molecule has 0 saturated heterocycles. The summed E-state index contributed by atoms with van der Waals surface area (Å²) >= 11 is 5.04. The SMILES string of the molecule is S=C1C=CC=C2C=CN=C12. The predicted molar refractivity (Wildman–Crippen MR) is 46.4 cm³/mol. The number of nitrogens with zero attached hydrogens (tertiary/aromatic N) is 1. The number of rotatable bonds is 0. The van der Waals surface area contributed by atoms with Gasteiger partial charge in [-0.1, -0.05) is 24.4 Å². The molecule has 1 aliphatic heterocycles. The number of hydrogen-bond acceptors (Lipinski definition) is 2. The van der Waals surface area contributed by atoms with Crippen LogP contribution in [0.5, 0.6) is 0 Å². The maximum atomic E-state index is 5.04. The Balaban J connectivity index is 2.54. The number of aliphatic imine (C=N–C) groups is 1. The summed E-state index contributed by atoms with van der Waals surface area (Å²) in [6.45, 7) is 0. The zero-order chi connectivity index (χ0) is 6.97. The first-order valence-corrected chi connectivity index (χ1v) is 3.46. The molecule has 2 aliphatic rings. The second-order valence-corrected chi connectivity index (χ2v) is 2.58. The summed E-state index contributed by atoms with van der Waals surface area (Å²) in [7, 11) is 0. The van der Waals surface area contributed by atoms with E-state index < -0.39 is 0 Å². The minimum atomic E-state index is 0.836. The minimum absolute atomic E-state index is 0.836. The van der Waals surface area contributed by atoms with Gasteiger partial charge in [-0.05, 0) is 12.2 Å². The summed E-state index contributed by atoms with van der Waals surface area (Å²) in [5.74, 6) is 0. The van der Waals surface area contributed by atoms with Gasteiger partial charge >= 0.3 is 0 Å². The molecule has 1 heterocycles. The Kier molecular flexibility index (Phi) is 1.14. The molecular formula is C8H5NS. The largest absolute Gasteiger partial charge is 0.255 e. The van der Waals surface area contributed by atoms with E-state index in [1.54, 1.807) is 6.20 Å². The average Bonchev–Trinajstić information content (AvgIpc) is 2.36. The molecule has 0 aromatic carbocycles. The normalized spacial score (nSPS) is 20.6. The number of fused-ring (bicyclic) bond motifs is 1. The second-order valence-electron chi connectivity index (χ2n) is 2.14. The third-order valence-electron chi connectivity index (χ3n) is 1.49. The molecule has 10 heavy (non-hydrogen) atoms. The summed E-state index contributed by atoms with van der Waals surface area (Å²) < 4.78 is 0. The van der Waals surface area contributed by atoms with Gasteiger partial charge < -0.3 is 0 Å². The number of hydrogen-bond donors (Lipinski definition) is 0. The minimum Gasteiger partial charge on any atom is -0.255 e. The lowest BCUT2D eigenvalue weighted by atomic mass is 10.0. The fraction of sp³-hybridized carbons (Fsp3) is 0. The second kappa shape index (κ2) is 1.99. The van der Waals surface area contributed by atoms with Gasteiger partial charge in [0, 0.05) is 11.8 Å². The molecule has 0 fully saturated rings. The van der Waals surface area contributed by atoms with Gasteiger partial charge in [0.25, 0.3) is 0 Å². The van der Waals surface area contributed by atoms with Crippen LogP contribution < -0.4 is 0 Å². The summed E-state index contributed by atoms with van der Waals surface area (Å²) in [5.41, 5.74) is 2.07. The molecular weight excluding hydrogens is 142 g/mol. The molecule has 0 spiro atoms. The van der Waals surface area contributed by atoms with Gasteiger partial charge in [0.1, 0.15) is 0 Å². The van der Waals surface area contributed by atoms with Crippen LogP contribution in [0.3, 0.4) is 0 Å². The smallest absolute Gasteiger partial charge is 0.0882 e. The highest BCUT2D eigenvalue weighted by atomic mass is 32.1. The fourth-order valence-electron chi connectivity index (χ4n) is 1.00. The van der Waals surface area contributed by atoms with E-state index >= 15 is 0 Å². The highest BCUT2D eigenvalue weighted by Crippen LogP contribution is 2.14. The standard InChI is InChI=1S/C8H5NS/c10-7-3-1-2-6-4-5-9-8(6)7/h1-5H. The summed E-state index contributed by atoms with van der Waals surface area (Å²) in [5, 5.41) is 0. The number of thiocarbonyl (C=S) groups is 1. The monoisotopic (exact) mass is 147 g/mol. The molecule has 0 saturated carbocycles. The van der Waals surface area contributed by atoms with Crippen LogP contribution in [0, 0.1) is 0 Å². The lowest BCUT2D eigenvalue weighted by Gasteiger charge is -2.03. The van der Waals surface area contributed by atoms with Crippen molar-refractivity contribution in [3.63, 3.8) is 0 Å². The zero-order valence-corrected chi connectivity index (χ0v) is 6.06. The Hall–Kier alpha value is -1.02. The quantitative estimate of drug-likeness (QED) is 0.476. The van der Waals surface area contributed by atoms with Crippen LogP contribution in [-0.4, -0.2) is 10.6 Å². The van der Waals surface area contributed by atoms with Crippen LogP contribution in [0.1, 0.15) is 0 Å². The molecule has 48 valence electrons. The van der Waals surface area contributed by atoms with E-state index in [-0.39, 0.29) is 0 Å². The van der Waals surface area contributed by atoms with Crippen molar-refractivity contribution >= 4 is 22.8 Å². The van der Waals surface area contributed by atoms with Crippen LogP contribution in [0.2, 0.25) is 0 Å². The third-order valence-corrected chi connectivity index (χ3v) is 1.82. The third kappa shape index (κ3) is 0.693. The van der Waals surface area contributed by atoms with Crippen LogP contribution in [-0.2, 0) is 0 Å². The molecule has 0 aromatic heterocycles. The van der Waals surface area contributed by atoms with Crippen molar-refractivity contribution in [1.29, 1.82) is 0 Å². The number of allylic oxidation sites excluding steroid dienone is 5. The van der Waals surface area contributed by atoms with E-state index in [1.807, 2.05) is 24.3 Å². The van der Waals surface area contributed by atoms with Gasteiger partial charge in [-0.3, -0.25) is 4.99 Å². The maximum absolute atomic E-state index is 5.04. The first-order chi connectivity index (χ1) is 4.88. The van der Waals surface area contributed by atoms with Crippen LogP contribution in [0.4, 0.5) is 0 Å². The van der Waals surface area contributed by atoms with E-state index in [1.165, 1.54) is 0 Å². The summed E-state index contributed by atoms with van der Waals surface area (Å²) in [6, 6.07) is 0. The van der Waals surface area contributed by atoms with Crippen LogP contribution in [0.15, 0.2) is 41.1 Å². The van der Waals surface area contributed by atoms with Crippen LogP contribution >= 0.6 is 12.2 Å². The topological polar surface area (TPSA) is 12.4 Å². The average molecular weight is 147 g/mol. The Morgan fingerprint density at radius 2 is 2.20 bits per heavy atom. The van der Waals surface area contributed by atoms with Gasteiger partial charge in [-0.25, -0.2) is 0 Å². The molecule has 1 nitrogen and oxygen atoms in total. The van der Waals surface area contributed by atoms with E-state index in [4.69, 9.17) is 12.2 Å². The highest BCUT2D eigenvalue weighted by molar-refractivity contribution is 7.82. The Labute approximate surface area is 64.5 Å². The molecule has 0 atom stereocenters. The van der Waals surface area contributed by atoms with E-state index in [0.29, 0.717) is 0 Å². The molecule has 0 amide bonds. The fourth-order valence-corrected chi connectivity index (χ4v) is 1.25. The first-order valence-electron chi connectivity index (χ1n) is 3.05. The lowest BCUT2D eigenvalue weighted by Crippen LogP contribution is -2.10. The van der Waals surface area contributed by atoms with Gasteiger partial charge in [-0.2, -0.15) is 0 Å². The summed E-state index contributed by atoms with van der Waals surface area (Å²) in [6.07, 6.45) is 9.60. The van der Waals surface area contributed by atoms with E-state index in [9.17, 15) is 0 Å². The highest BCUT2D eigenvalue weighted by Gasteiger charge is 2.13. The van der Waals surface area contributed by atoms with Crippen molar-refractivity contribution in [2.75, 3.05) is 0 Å². The molecule has 0 N–H and O–H groups in total. The van der Waals surface area contributed by atoms with Gasteiger partial charge in [0.2, 0.25) is 0 Å². The summed E-state index contributed by atoms with van der Waals surface area (Å²) in [4.78, 5) is 4.95. The molecule has 0 aromatic rings. The van der Waals surface area contributed by atoms with Gasteiger partial charge in [-0.15, -0.1) is 0 Å². The van der Waals surface area contributed by atoms with Crippen molar-refractivity contribution in [2.45, 2.75) is 0 Å². The molecule has 1 aliphatic carbocycles. The molecule has 0 bridgehead atoms. The molecule has 2 rings (SSSR count). The van der Waals surface area contributed by atoms with Gasteiger partial charge in [0.15, 0.2) is 0 Å². The lowest BCUT2D eigenvalue weighted by molar-refractivity contribution is 1.64. The molecule has 2 heteroatoms. The van der Waals surface area contributed by atoms with Gasteiger partial charge in [0.05, 0.1) is 10.6 Å². The Morgan fingerprint density at radius 1 is 1.30 bits per heavy atom. The molecule has 0 radical (unpaired) electrons. The van der Waals surface area contributed by atoms with Crippen molar-refractivity contribution in [2.24, 2.45) is 4.99 Å². The van der Waals surface area contributed by atoms with E-state index in [0.717, 1.165) is 16.1 Å². The van der Waals surface area contributed by atoms with E-state index in [2.05, 4.69) is 4.99 Å². The Morgan fingerprint density at radius 3 is 3.00 bits per heavy atom. The van der Waals surface area contributed by atoms with Crippen molar-refractivity contribution < 1.29 is 0 Å². The first kappa shape index (κ1) is 5.74. The van der Waals surface area contributed by atoms with Crippen molar-refractivity contribution in [1.82, 2.24) is 0 Å². The molecule has 0 unspecified atom stereocenters. The predicted octanol–water partition coefficient (Wildman–Crippen LogP) is 1.82.